The average Bonchev–Trinajstić information content (AvgIpc) is 2.38. The highest BCUT2D eigenvalue weighted by atomic mass is 17.2. The Morgan fingerprint density at radius 2 is 1.88 bits per heavy atom. The second kappa shape index (κ2) is 7.75. The van der Waals surface area contributed by atoms with E-state index in [0.29, 0.717) is 19.6 Å². The third-order valence-corrected chi connectivity index (χ3v) is 2.61. The summed E-state index contributed by atoms with van der Waals surface area (Å²) >= 11 is 0. The lowest BCUT2D eigenvalue weighted by molar-refractivity contribution is -0.339. The van der Waals surface area contributed by atoms with Crippen molar-refractivity contribution in [3.05, 3.63) is 12.7 Å². The van der Waals surface area contributed by atoms with Crippen LogP contribution in [0.3, 0.4) is 0 Å². The standard InChI is InChI=1S/C11H20O6/c1-2-5-16-17-9-4-7-15-6-3-8(12)10(13)11(9)14/h2,8-14H,1,3-7H2. The number of hydrogen-bond donors (Lipinski definition) is 3. The Bertz CT molecular complexity index is 222. The Morgan fingerprint density at radius 3 is 2.59 bits per heavy atom. The summed E-state index contributed by atoms with van der Waals surface area (Å²) in [4.78, 5) is 9.76. The Hall–Kier alpha value is -0.500. The Labute approximate surface area is 100 Å². The number of ether oxygens (including phenoxy) is 1. The molecular weight excluding hydrogens is 228 g/mol. The van der Waals surface area contributed by atoms with E-state index in [9.17, 15) is 15.3 Å². The van der Waals surface area contributed by atoms with E-state index in [1.54, 1.807) is 0 Å². The van der Waals surface area contributed by atoms with Crippen molar-refractivity contribution in [3.8, 4) is 0 Å². The van der Waals surface area contributed by atoms with E-state index in [-0.39, 0.29) is 13.0 Å². The summed E-state index contributed by atoms with van der Waals surface area (Å²) in [5, 5.41) is 29.1. The van der Waals surface area contributed by atoms with Gasteiger partial charge in [-0.1, -0.05) is 6.08 Å². The van der Waals surface area contributed by atoms with Crippen LogP contribution in [-0.2, 0) is 14.5 Å². The molecule has 3 N–H and O–H groups in total. The maximum atomic E-state index is 9.84. The lowest BCUT2D eigenvalue weighted by Gasteiger charge is -2.26. The molecule has 1 aliphatic rings. The first-order valence-electron chi connectivity index (χ1n) is 5.68. The van der Waals surface area contributed by atoms with E-state index in [1.807, 2.05) is 0 Å². The van der Waals surface area contributed by atoms with Crippen molar-refractivity contribution in [3.63, 3.8) is 0 Å². The van der Waals surface area contributed by atoms with Gasteiger partial charge in [0.2, 0.25) is 0 Å². The van der Waals surface area contributed by atoms with Gasteiger partial charge in [-0.25, -0.2) is 9.78 Å². The molecule has 0 aliphatic carbocycles. The lowest BCUT2D eigenvalue weighted by atomic mass is 10.00. The zero-order valence-electron chi connectivity index (χ0n) is 9.70. The van der Waals surface area contributed by atoms with Crippen molar-refractivity contribution in [1.82, 2.24) is 0 Å². The van der Waals surface area contributed by atoms with Crippen molar-refractivity contribution in [2.24, 2.45) is 0 Å². The van der Waals surface area contributed by atoms with E-state index in [1.165, 1.54) is 6.08 Å². The highest BCUT2D eigenvalue weighted by Crippen LogP contribution is 2.16. The molecule has 0 amide bonds. The first-order chi connectivity index (χ1) is 8.16. The molecule has 1 aliphatic heterocycles. The van der Waals surface area contributed by atoms with Gasteiger partial charge in [-0.3, -0.25) is 0 Å². The first kappa shape index (κ1) is 14.6. The molecule has 0 radical (unpaired) electrons. The van der Waals surface area contributed by atoms with Gasteiger partial charge in [0.15, 0.2) is 0 Å². The molecule has 1 rings (SSSR count). The van der Waals surface area contributed by atoms with E-state index < -0.39 is 24.4 Å². The van der Waals surface area contributed by atoms with Crippen molar-refractivity contribution in [2.75, 3.05) is 19.8 Å². The SMILES string of the molecule is C=CCOOC1CCOCCC(O)C(O)C1O. The second-order valence-electron chi connectivity index (χ2n) is 3.95. The van der Waals surface area contributed by atoms with Crippen molar-refractivity contribution in [1.29, 1.82) is 0 Å². The number of aliphatic hydroxyl groups is 3. The second-order valence-corrected chi connectivity index (χ2v) is 3.95. The molecule has 17 heavy (non-hydrogen) atoms. The predicted octanol–water partition coefficient (Wildman–Crippen LogP) is -0.618. The van der Waals surface area contributed by atoms with Gasteiger partial charge in [-0.05, 0) is 6.42 Å². The Morgan fingerprint density at radius 1 is 1.18 bits per heavy atom. The number of rotatable bonds is 4. The molecule has 0 bridgehead atoms. The van der Waals surface area contributed by atoms with E-state index >= 15 is 0 Å². The predicted molar refractivity (Wildman–Crippen MR) is 59.1 cm³/mol. The van der Waals surface area contributed by atoms with E-state index in [4.69, 9.17) is 14.5 Å². The minimum Gasteiger partial charge on any atom is -0.390 e. The third-order valence-electron chi connectivity index (χ3n) is 2.61. The molecule has 4 atom stereocenters. The van der Waals surface area contributed by atoms with Crippen LogP contribution in [0.25, 0.3) is 0 Å². The number of aliphatic hydroxyl groups excluding tert-OH is 3. The monoisotopic (exact) mass is 248 g/mol. The van der Waals surface area contributed by atoms with Gasteiger partial charge < -0.3 is 20.1 Å². The van der Waals surface area contributed by atoms with E-state index in [2.05, 4.69) is 6.58 Å². The smallest absolute Gasteiger partial charge is 0.124 e. The van der Waals surface area contributed by atoms with Gasteiger partial charge in [-0.2, -0.15) is 0 Å². The first-order valence-corrected chi connectivity index (χ1v) is 5.68. The average molecular weight is 248 g/mol. The summed E-state index contributed by atoms with van der Waals surface area (Å²) in [6, 6.07) is 0. The van der Waals surface area contributed by atoms with Crippen LogP contribution in [0, 0.1) is 0 Å². The molecule has 0 spiro atoms. The van der Waals surface area contributed by atoms with Crippen molar-refractivity contribution >= 4 is 0 Å². The maximum Gasteiger partial charge on any atom is 0.124 e. The summed E-state index contributed by atoms with van der Waals surface area (Å²) < 4.78 is 5.22. The van der Waals surface area contributed by atoms with E-state index in [0.717, 1.165) is 0 Å². The molecule has 6 nitrogen and oxygen atoms in total. The molecule has 0 saturated carbocycles. The van der Waals surface area contributed by atoms with Crippen LogP contribution in [0.2, 0.25) is 0 Å². The van der Waals surface area contributed by atoms with Gasteiger partial charge in [0.05, 0.1) is 6.10 Å². The number of hydrogen-bond acceptors (Lipinski definition) is 6. The molecule has 1 saturated heterocycles. The van der Waals surface area contributed by atoms with Crippen LogP contribution in [0.5, 0.6) is 0 Å². The van der Waals surface area contributed by atoms with Crippen molar-refractivity contribution in [2.45, 2.75) is 37.3 Å². The fourth-order valence-electron chi connectivity index (χ4n) is 1.57. The lowest BCUT2D eigenvalue weighted by Crippen LogP contribution is -2.45. The molecule has 1 fully saturated rings. The summed E-state index contributed by atoms with van der Waals surface area (Å²) in [6.45, 7) is 4.35. The molecule has 100 valence electrons. The van der Waals surface area contributed by atoms with Crippen LogP contribution in [0.4, 0.5) is 0 Å². The van der Waals surface area contributed by atoms with Crippen LogP contribution >= 0.6 is 0 Å². The van der Waals surface area contributed by atoms with Crippen LogP contribution in [-0.4, -0.2) is 59.6 Å². The minimum atomic E-state index is -1.27. The van der Waals surface area contributed by atoms with Crippen molar-refractivity contribution < 1.29 is 29.8 Å². The summed E-state index contributed by atoms with van der Waals surface area (Å²) in [5.41, 5.74) is 0. The molecule has 0 aromatic heterocycles. The van der Waals surface area contributed by atoms with Gasteiger partial charge in [0.25, 0.3) is 0 Å². The molecule has 0 aromatic carbocycles. The molecule has 0 aromatic rings. The molecule has 6 heteroatoms. The summed E-state index contributed by atoms with van der Waals surface area (Å²) in [5.74, 6) is 0. The molecule has 1 heterocycles. The maximum absolute atomic E-state index is 9.84. The van der Waals surface area contributed by atoms with Crippen LogP contribution in [0.1, 0.15) is 12.8 Å². The van der Waals surface area contributed by atoms with Gasteiger partial charge in [0.1, 0.15) is 24.9 Å². The fraction of sp³-hybridized carbons (Fsp3) is 0.818. The van der Waals surface area contributed by atoms with Crippen LogP contribution in [0.15, 0.2) is 12.7 Å². The zero-order chi connectivity index (χ0) is 12.7. The molecule has 4 unspecified atom stereocenters. The summed E-state index contributed by atoms with van der Waals surface area (Å²) in [7, 11) is 0. The Balaban J connectivity index is 2.54. The topological polar surface area (TPSA) is 88.4 Å². The van der Waals surface area contributed by atoms with Crippen LogP contribution < -0.4 is 0 Å². The molecular formula is C11H20O6. The summed E-state index contributed by atoms with van der Waals surface area (Å²) in [6.07, 6.45) is -2.10. The highest BCUT2D eigenvalue weighted by molar-refractivity contribution is 4.82. The van der Waals surface area contributed by atoms with Gasteiger partial charge >= 0.3 is 0 Å². The highest BCUT2D eigenvalue weighted by Gasteiger charge is 2.33. The largest absolute Gasteiger partial charge is 0.390 e. The fourth-order valence-corrected chi connectivity index (χ4v) is 1.57. The normalized spacial score (nSPS) is 35.7. The third kappa shape index (κ3) is 4.71. The zero-order valence-corrected chi connectivity index (χ0v) is 9.70. The quantitative estimate of drug-likeness (QED) is 0.266. The Kier molecular flexibility index (Phi) is 6.64. The minimum absolute atomic E-state index is 0.183. The van der Waals surface area contributed by atoms with Gasteiger partial charge in [0, 0.05) is 19.6 Å². The van der Waals surface area contributed by atoms with Gasteiger partial charge in [-0.15, -0.1) is 6.58 Å².